The van der Waals surface area contributed by atoms with Gasteiger partial charge in [0.1, 0.15) is 10.0 Å². The molecule has 124 valence electrons. The van der Waals surface area contributed by atoms with Gasteiger partial charge in [-0.3, -0.25) is 4.79 Å². The first-order valence-corrected chi connectivity index (χ1v) is 9.54. The van der Waals surface area contributed by atoms with E-state index in [2.05, 4.69) is 21.7 Å². The Morgan fingerprint density at radius 3 is 2.60 bits per heavy atom. The Kier molecular flexibility index (Phi) is 4.29. The van der Waals surface area contributed by atoms with Gasteiger partial charge in [-0.1, -0.05) is 24.3 Å². The maximum atomic E-state index is 11.1. The normalized spacial score (nSPS) is 10.9. The van der Waals surface area contributed by atoms with Gasteiger partial charge in [-0.25, -0.2) is 9.97 Å². The summed E-state index contributed by atoms with van der Waals surface area (Å²) in [5, 5.41) is 6.98. The largest absolute Gasteiger partial charge is 0.326 e. The highest BCUT2D eigenvalue weighted by atomic mass is 32.1. The molecule has 0 radical (unpaired) electrons. The monoisotopic (exact) mass is 365 g/mol. The van der Waals surface area contributed by atoms with Crippen LogP contribution >= 0.6 is 22.7 Å². The van der Waals surface area contributed by atoms with Gasteiger partial charge in [0.15, 0.2) is 0 Å². The molecule has 0 aliphatic carbocycles. The summed E-state index contributed by atoms with van der Waals surface area (Å²) in [4.78, 5) is 20.5. The minimum Gasteiger partial charge on any atom is -0.326 e. The lowest BCUT2D eigenvalue weighted by atomic mass is 10.1. The maximum Gasteiger partial charge on any atom is 0.221 e. The zero-order valence-electron chi connectivity index (χ0n) is 13.5. The topological polar surface area (TPSA) is 54.9 Å². The molecule has 0 atom stereocenters. The molecule has 1 N–H and O–H groups in total. The molecule has 0 spiro atoms. The van der Waals surface area contributed by atoms with Gasteiger partial charge in [-0.2, -0.15) is 0 Å². The van der Waals surface area contributed by atoms with Gasteiger partial charge in [-0.05, 0) is 24.3 Å². The third-order valence-corrected chi connectivity index (χ3v) is 5.58. The number of fused-ring (bicyclic) bond motifs is 1. The van der Waals surface area contributed by atoms with Crippen LogP contribution in [0.2, 0.25) is 0 Å². The first-order chi connectivity index (χ1) is 12.2. The number of anilines is 1. The molecule has 4 aromatic rings. The zero-order chi connectivity index (χ0) is 17.2. The Bertz CT molecular complexity index is 1000. The highest BCUT2D eigenvalue weighted by molar-refractivity contribution is 7.18. The van der Waals surface area contributed by atoms with Gasteiger partial charge in [-0.15, -0.1) is 22.7 Å². The number of nitrogens with zero attached hydrogens (tertiary/aromatic N) is 2. The van der Waals surface area contributed by atoms with Crippen LogP contribution in [-0.2, 0) is 11.2 Å². The van der Waals surface area contributed by atoms with Crippen molar-refractivity contribution in [1.29, 1.82) is 0 Å². The molecule has 0 saturated carbocycles. The Morgan fingerprint density at radius 1 is 1.04 bits per heavy atom. The van der Waals surface area contributed by atoms with E-state index < -0.39 is 0 Å². The van der Waals surface area contributed by atoms with Crippen molar-refractivity contribution in [3.8, 4) is 11.3 Å². The summed E-state index contributed by atoms with van der Waals surface area (Å²) in [6, 6.07) is 15.9. The van der Waals surface area contributed by atoms with Crippen LogP contribution in [0.3, 0.4) is 0 Å². The van der Waals surface area contributed by atoms with Crippen molar-refractivity contribution >= 4 is 44.5 Å². The van der Waals surface area contributed by atoms with Crippen molar-refractivity contribution in [2.75, 3.05) is 5.32 Å². The quantitative estimate of drug-likeness (QED) is 0.555. The number of aromatic nitrogens is 2. The SMILES string of the molecule is CC(=O)Nc1ccc(-c2csc(Cc3nc4ccccc4s3)n2)cc1. The Labute approximate surface area is 153 Å². The van der Waals surface area contributed by atoms with Crippen LogP contribution in [0.15, 0.2) is 53.9 Å². The van der Waals surface area contributed by atoms with Gasteiger partial charge in [0.2, 0.25) is 5.91 Å². The molecule has 4 nitrogen and oxygen atoms in total. The van der Waals surface area contributed by atoms with E-state index in [-0.39, 0.29) is 5.91 Å². The number of carbonyl (C=O) groups excluding carboxylic acids is 1. The second-order valence-corrected chi connectivity index (χ2v) is 7.69. The molecule has 0 fully saturated rings. The molecule has 4 rings (SSSR count). The number of amides is 1. The molecule has 1 amide bonds. The number of hydrogen-bond donors (Lipinski definition) is 1. The van der Waals surface area contributed by atoms with Crippen molar-refractivity contribution < 1.29 is 4.79 Å². The van der Waals surface area contributed by atoms with Crippen LogP contribution in [-0.4, -0.2) is 15.9 Å². The van der Waals surface area contributed by atoms with Crippen molar-refractivity contribution in [3.63, 3.8) is 0 Å². The molecule has 2 aromatic heterocycles. The molecule has 2 heterocycles. The molecule has 25 heavy (non-hydrogen) atoms. The lowest BCUT2D eigenvalue weighted by Crippen LogP contribution is -2.05. The molecule has 0 aliphatic rings. The predicted molar refractivity (Wildman–Crippen MR) is 104 cm³/mol. The van der Waals surface area contributed by atoms with E-state index >= 15 is 0 Å². The number of nitrogens with one attached hydrogen (secondary N) is 1. The average molecular weight is 365 g/mol. The van der Waals surface area contributed by atoms with E-state index in [0.29, 0.717) is 0 Å². The molecule has 0 saturated heterocycles. The second kappa shape index (κ2) is 6.74. The smallest absolute Gasteiger partial charge is 0.221 e. The lowest BCUT2D eigenvalue weighted by Gasteiger charge is -2.02. The summed E-state index contributed by atoms with van der Waals surface area (Å²) in [7, 11) is 0. The number of carbonyl (C=O) groups is 1. The summed E-state index contributed by atoms with van der Waals surface area (Å²) in [6.07, 6.45) is 0.758. The first kappa shape index (κ1) is 15.9. The third kappa shape index (κ3) is 3.60. The summed E-state index contributed by atoms with van der Waals surface area (Å²) in [6.45, 7) is 1.50. The van der Waals surface area contributed by atoms with Gasteiger partial charge >= 0.3 is 0 Å². The summed E-state index contributed by atoms with van der Waals surface area (Å²) < 4.78 is 1.21. The minimum absolute atomic E-state index is 0.0699. The number of thiazole rings is 2. The van der Waals surface area contributed by atoms with Crippen LogP contribution in [0, 0.1) is 0 Å². The van der Waals surface area contributed by atoms with Crippen molar-refractivity contribution in [1.82, 2.24) is 9.97 Å². The van der Waals surface area contributed by atoms with E-state index in [1.54, 1.807) is 22.7 Å². The van der Waals surface area contributed by atoms with Crippen molar-refractivity contribution in [3.05, 3.63) is 63.9 Å². The van der Waals surface area contributed by atoms with Gasteiger partial charge < -0.3 is 5.32 Å². The van der Waals surface area contributed by atoms with Crippen LogP contribution < -0.4 is 5.32 Å². The fraction of sp³-hybridized carbons (Fsp3) is 0.105. The Hall–Kier alpha value is -2.57. The highest BCUT2D eigenvalue weighted by Crippen LogP contribution is 2.27. The fourth-order valence-corrected chi connectivity index (χ4v) is 4.45. The van der Waals surface area contributed by atoms with E-state index in [0.717, 1.165) is 38.9 Å². The standard InChI is InChI=1S/C19H15N3OS2/c1-12(23)20-14-8-6-13(7-9-14)16-11-24-18(22-16)10-19-21-15-4-2-3-5-17(15)25-19/h2-9,11H,10H2,1H3,(H,20,23). The predicted octanol–water partition coefficient (Wildman–Crippen LogP) is 4.97. The Morgan fingerprint density at radius 2 is 1.84 bits per heavy atom. The van der Waals surface area contributed by atoms with Crippen LogP contribution in [0.5, 0.6) is 0 Å². The van der Waals surface area contributed by atoms with Crippen LogP contribution in [0.25, 0.3) is 21.5 Å². The second-order valence-electron chi connectivity index (χ2n) is 5.64. The van der Waals surface area contributed by atoms with Crippen LogP contribution in [0.1, 0.15) is 16.9 Å². The number of para-hydroxylation sites is 1. The summed E-state index contributed by atoms with van der Waals surface area (Å²) >= 11 is 3.37. The zero-order valence-corrected chi connectivity index (χ0v) is 15.2. The van der Waals surface area contributed by atoms with Crippen LogP contribution in [0.4, 0.5) is 5.69 Å². The number of benzene rings is 2. The molecule has 6 heteroatoms. The lowest BCUT2D eigenvalue weighted by molar-refractivity contribution is -0.114. The average Bonchev–Trinajstić information content (AvgIpc) is 3.21. The molecular formula is C19H15N3OS2. The fourth-order valence-electron chi connectivity index (χ4n) is 2.58. The van der Waals surface area contributed by atoms with E-state index in [1.807, 2.05) is 42.5 Å². The molecule has 2 aromatic carbocycles. The minimum atomic E-state index is -0.0699. The third-order valence-electron chi connectivity index (χ3n) is 3.69. The van der Waals surface area contributed by atoms with E-state index in [1.165, 1.54) is 11.6 Å². The van der Waals surface area contributed by atoms with Gasteiger partial charge in [0.05, 0.1) is 22.3 Å². The molecule has 0 aliphatic heterocycles. The summed E-state index contributed by atoms with van der Waals surface area (Å²) in [5.74, 6) is -0.0699. The molecule has 0 bridgehead atoms. The van der Waals surface area contributed by atoms with Crippen molar-refractivity contribution in [2.24, 2.45) is 0 Å². The van der Waals surface area contributed by atoms with Gasteiger partial charge in [0, 0.05) is 23.6 Å². The maximum absolute atomic E-state index is 11.1. The Balaban J connectivity index is 1.52. The van der Waals surface area contributed by atoms with Gasteiger partial charge in [0.25, 0.3) is 0 Å². The number of hydrogen-bond acceptors (Lipinski definition) is 5. The number of rotatable bonds is 4. The van der Waals surface area contributed by atoms with E-state index in [9.17, 15) is 4.79 Å². The van der Waals surface area contributed by atoms with E-state index in [4.69, 9.17) is 4.98 Å². The van der Waals surface area contributed by atoms with Crippen molar-refractivity contribution in [2.45, 2.75) is 13.3 Å². The molecule has 0 unspecified atom stereocenters. The first-order valence-electron chi connectivity index (χ1n) is 7.84. The highest BCUT2D eigenvalue weighted by Gasteiger charge is 2.09. The summed E-state index contributed by atoms with van der Waals surface area (Å²) in [5.41, 5.74) is 3.84. The molecular weight excluding hydrogens is 350 g/mol.